The van der Waals surface area contributed by atoms with Crippen LogP contribution in [0.1, 0.15) is 70.3 Å². The van der Waals surface area contributed by atoms with E-state index in [-0.39, 0.29) is 46.7 Å². The lowest BCUT2D eigenvalue weighted by Gasteiger charge is -2.64. The van der Waals surface area contributed by atoms with Crippen LogP contribution in [-0.4, -0.2) is 67.8 Å². The largest absolute Gasteiger partial charge is 0.514 e. The van der Waals surface area contributed by atoms with Crippen LogP contribution in [-0.2, 0) is 25.3 Å². The van der Waals surface area contributed by atoms with Crippen molar-refractivity contribution in [2.45, 2.75) is 84.1 Å². The summed E-state index contributed by atoms with van der Waals surface area (Å²) in [5.74, 6) is 0.722. The van der Waals surface area contributed by atoms with Gasteiger partial charge in [0.15, 0.2) is 12.0 Å². The van der Waals surface area contributed by atoms with Gasteiger partial charge in [-0.3, -0.25) is 9.59 Å². The minimum absolute atomic E-state index is 0.0210. The Kier molecular flexibility index (Phi) is 8.37. The standard InChI is InChI=1S/C28H40BNO8S/c1-26(2,3)36-25(33)35-24-16(9-10-19(34-7)18(24)14-31)11-22(30-23(32)15-39-8)29-37-21-13-17-12-20(27(17,4)5)28(21,6)38-29/h9-10,14,17,20-22H,11-13,15H2,1-8H3,(H,30,32). The molecule has 0 spiro atoms. The van der Waals surface area contributed by atoms with Gasteiger partial charge in [-0.05, 0) is 82.1 Å². The number of aldehydes is 1. The summed E-state index contributed by atoms with van der Waals surface area (Å²) in [5, 5.41) is 3.07. The fourth-order valence-corrected chi connectivity index (χ4v) is 6.80. The number of carbonyl (C=O) groups excluding carboxylic acids is 3. The van der Waals surface area contributed by atoms with E-state index in [9.17, 15) is 14.4 Å². The maximum absolute atomic E-state index is 12.8. The van der Waals surface area contributed by atoms with E-state index in [1.165, 1.54) is 18.9 Å². The molecule has 39 heavy (non-hydrogen) atoms. The van der Waals surface area contributed by atoms with E-state index < -0.39 is 30.4 Å². The monoisotopic (exact) mass is 561 g/mol. The van der Waals surface area contributed by atoms with Gasteiger partial charge in [0.2, 0.25) is 5.91 Å². The zero-order valence-electron chi connectivity index (χ0n) is 24.1. The summed E-state index contributed by atoms with van der Waals surface area (Å²) in [4.78, 5) is 37.5. The molecule has 11 heteroatoms. The summed E-state index contributed by atoms with van der Waals surface area (Å²) >= 11 is 1.41. The molecule has 1 heterocycles. The van der Waals surface area contributed by atoms with Crippen LogP contribution < -0.4 is 14.8 Å². The second-order valence-electron chi connectivity index (χ2n) is 12.5. The Morgan fingerprint density at radius 3 is 2.56 bits per heavy atom. The number of benzene rings is 1. The van der Waals surface area contributed by atoms with Crippen LogP contribution in [0.5, 0.6) is 11.5 Å². The van der Waals surface area contributed by atoms with Gasteiger partial charge < -0.3 is 28.8 Å². The van der Waals surface area contributed by atoms with E-state index in [1.807, 2.05) is 6.26 Å². The highest BCUT2D eigenvalue weighted by atomic mass is 32.2. The minimum atomic E-state index is -0.947. The third-order valence-corrected chi connectivity index (χ3v) is 9.06. The lowest BCUT2D eigenvalue weighted by atomic mass is 9.43. The van der Waals surface area contributed by atoms with E-state index in [0.717, 1.165) is 12.8 Å². The molecule has 5 rings (SSSR count). The maximum atomic E-state index is 12.8. The van der Waals surface area contributed by atoms with Gasteiger partial charge >= 0.3 is 13.3 Å². The highest BCUT2D eigenvalue weighted by Crippen LogP contribution is 2.65. The van der Waals surface area contributed by atoms with Crippen LogP contribution in [0.4, 0.5) is 4.79 Å². The molecule has 214 valence electrons. The van der Waals surface area contributed by atoms with E-state index in [2.05, 4.69) is 26.1 Å². The smallest absolute Gasteiger partial charge is 0.496 e. The number of thioether (sulfide) groups is 1. The molecule has 1 saturated heterocycles. The maximum Gasteiger partial charge on any atom is 0.514 e. The second kappa shape index (κ2) is 11.0. The van der Waals surface area contributed by atoms with Crippen LogP contribution in [0.2, 0.25) is 0 Å². The predicted octanol–water partition coefficient (Wildman–Crippen LogP) is 4.48. The molecule has 4 aliphatic rings. The molecule has 4 fully saturated rings. The summed E-state index contributed by atoms with van der Waals surface area (Å²) in [6.07, 6.45) is 3.62. The lowest BCUT2D eigenvalue weighted by Crippen LogP contribution is -2.65. The van der Waals surface area contributed by atoms with Crippen LogP contribution in [0.3, 0.4) is 0 Å². The molecule has 5 unspecified atom stereocenters. The van der Waals surface area contributed by atoms with Crippen LogP contribution in [0, 0.1) is 17.3 Å². The number of hydrogen-bond donors (Lipinski definition) is 1. The summed E-state index contributed by atoms with van der Waals surface area (Å²) in [6, 6.07) is 3.35. The second-order valence-corrected chi connectivity index (χ2v) is 13.4. The summed E-state index contributed by atoms with van der Waals surface area (Å²) in [5.41, 5.74) is -0.502. The fraction of sp³-hybridized carbons (Fsp3) is 0.679. The van der Waals surface area contributed by atoms with E-state index in [1.54, 1.807) is 32.9 Å². The Morgan fingerprint density at radius 1 is 1.26 bits per heavy atom. The average molecular weight is 562 g/mol. The van der Waals surface area contributed by atoms with Gasteiger partial charge in [-0.25, -0.2) is 4.79 Å². The van der Waals surface area contributed by atoms with E-state index in [0.29, 0.717) is 23.7 Å². The molecule has 5 atom stereocenters. The van der Waals surface area contributed by atoms with Crippen molar-refractivity contribution in [2.75, 3.05) is 19.1 Å². The topological polar surface area (TPSA) is 109 Å². The number of hydrogen-bond acceptors (Lipinski definition) is 9. The molecule has 1 aliphatic heterocycles. The van der Waals surface area contributed by atoms with Crippen LogP contribution in [0.15, 0.2) is 12.1 Å². The molecule has 1 N–H and O–H groups in total. The highest BCUT2D eigenvalue weighted by molar-refractivity contribution is 7.99. The van der Waals surface area contributed by atoms with Gasteiger partial charge in [-0.2, -0.15) is 11.8 Å². The SMILES string of the molecule is COc1ccc(CC(NC(=O)CSC)B2OC3CC4CC(C4(C)C)C3(C)O2)c(OC(=O)OC(C)(C)C)c1C=O. The normalized spacial score (nSPS) is 27.6. The first kappa shape index (κ1) is 29.7. The summed E-state index contributed by atoms with van der Waals surface area (Å²) in [7, 11) is 0.720. The Labute approximate surface area is 235 Å². The molecule has 1 amide bonds. The molecular formula is C28H40BNO8S. The van der Waals surface area contributed by atoms with Crippen LogP contribution in [0.25, 0.3) is 0 Å². The third kappa shape index (κ3) is 5.81. The Balaban J connectivity index is 1.66. The number of methoxy groups -OCH3 is 1. The van der Waals surface area contributed by atoms with Gasteiger partial charge in [0.05, 0.1) is 36.1 Å². The fourth-order valence-electron chi connectivity index (χ4n) is 6.45. The highest BCUT2D eigenvalue weighted by Gasteiger charge is 2.68. The van der Waals surface area contributed by atoms with Gasteiger partial charge in [0, 0.05) is 0 Å². The van der Waals surface area contributed by atoms with Crippen molar-refractivity contribution in [3.63, 3.8) is 0 Å². The molecule has 9 nitrogen and oxygen atoms in total. The van der Waals surface area contributed by atoms with Gasteiger partial charge in [0.25, 0.3) is 0 Å². The first-order valence-corrected chi connectivity index (χ1v) is 14.8. The number of nitrogens with one attached hydrogen (secondary N) is 1. The molecule has 3 saturated carbocycles. The molecule has 1 aromatic rings. The summed E-state index contributed by atoms with van der Waals surface area (Å²) in [6.45, 7) is 11.9. The lowest BCUT2D eigenvalue weighted by molar-refractivity contribution is -0.199. The van der Waals surface area contributed by atoms with Crippen molar-refractivity contribution in [1.82, 2.24) is 5.32 Å². The third-order valence-electron chi connectivity index (χ3n) is 8.51. The molecule has 0 radical (unpaired) electrons. The Hall–Kier alpha value is -2.24. The van der Waals surface area contributed by atoms with Crippen molar-refractivity contribution >= 4 is 37.2 Å². The molecular weight excluding hydrogens is 521 g/mol. The Bertz CT molecular complexity index is 1120. The van der Waals surface area contributed by atoms with E-state index >= 15 is 0 Å². The average Bonchev–Trinajstić information content (AvgIpc) is 3.20. The minimum Gasteiger partial charge on any atom is -0.496 e. The number of amides is 1. The quantitative estimate of drug-likeness (QED) is 0.202. The van der Waals surface area contributed by atoms with Gasteiger partial charge in [0.1, 0.15) is 11.4 Å². The number of carbonyl (C=O) groups is 3. The number of ether oxygens (including phenoxy) is 3. The van der Waals surface area contributed by atoms with E-state index in [4.69, 9.17) is 23.5 Å². The first-order chi connectivity index (χ1) is 18.2. The molecule has 0 aromatic heterocycles. The zero-order valence-corrected chi connectivity index (χ0v) is 24.9. The van der Waals surface area contributed by atoms with Crippen molar-refractivity contribution in [2.24, 2.45) is 17.3 Å². The van der Waals surface area contributed by atoms with Crippen LogP contribution >= 0.6 is 11.8 Å². The van der Waals surface area contributed by atoms with Gasteiger partial charge in [-0.1, -0.05) is 19.9 Å². The zero-order chi connectivity index (χ0) is 28.8. The summed E-state index contributed by atoms with van der Waals surface area (Å²) < 4.78 is 29.4. The van der Waals surface area contributed by atoms with Gasteiger partial charge in [-0.15, -0.1) is 0 Å². The molecule has 2 bridgehead atoms. The first-order valence-electron chi connectivity index (χ1n) is 13.4. The molecule has 1 aromatic carbocycles. The molecule has 3 aliphatic carbocycles. The van der Waals surface area contributed by atoms with Crippen molar-refractivity contribution in [3.05, 3.63) is 23.3 Å². The van der Waals surface area contributed by atoms with Crippen molar-refractivity contribution < 1.29 is 37.9 Å². The van der Waals surface area contributed by atoms with Crippen molar-refractivity contribution in [3.8, 4) is 11.5 Å². The number of rotatable bonds is 9. The van der Waals surface area contributed by atoms with Crippen molar-refractivity contribution in [1.29, 1.82) is 0 Å². The Morgan fingerprint density at radius 2 is 1.97 bits per heavy atom. The predicted molar refractivity (Wildman–Crippen MR) is 149 cm³/mol.